The summed E-state index contributed by atoms with van der Waals surface area (Å²) >= 11 is 6.40. The number of aryl methyl sites for hydroxylation is 1. The molecule has 0 N–H and O–H groups in total. The van der Waals surface area contributed by atoms with Crippen LogP contribution in [0, 0.1) is 13.8 Å². The lowest BCUT2D eigenvalue weighted by molar-refractivity contribution is -0.142. The van der Waals surface area contributed by atoms with Crippen LogP contribution in [-0.4, -0.2) is 42.2 Å². The Balaban J connectivity index is 1.49. The van der Waals surface area contributed by atoms with Crippen LogP contribution in [0.15, 0.2) is 21.3 Å². The molecule has 156 valence electrons. The van der Waals surface area contributed by atoms with Crippen LogP contribution in [0.25, 0.3) is 11.0 Å². The molecule has 4 rings (SSSR count). The fourth-order valence-electron chi connectivity index (χ4n) is 4.32. The summed E-state index contributed by atoms with van der Waals surface area (Å²) in [6.07, 6.45) is 3.22. The Hall–Kier alpha value is -2.05. The lowest BCUT2D eigenvalue weighted by Gasteiger charge is -2.39. The molecule has 2 aliphatic heterocycles. The molecule has 0 aliphatic carbocycles. The zero-order valence-corrected chi connectivity index (χ0v) is 17.8. The number of likely N-dealkylation sites (tertiary alicyclic amines) is 1. The minimum Gasteiger partial charge on any atom is -0.479 e. The fourth-order valence-corrected chi connectivity index (χ4v) is 4.52. The first-order valence-electron chi connectivity index (χ1n) is 10.1. The first-order valence-corrected chi connectivity index (χ1v) is 10.5. The van der Waals surface area contributed by atoms with Gasteiger partial charge in [0, 0.05) is 36.7 Å². The Morgan fingerprint density at radius 1 is 1.21 bits per heavy atom. The molecule has 0 radical (unpaired) electrons. The maximum atomic E-state index is 12.9. The molecule has 0 bridgehead atoms. The van der Waals surface area contributed by atoms with Crippen molar-refractivity contribution in [3.8, 4) is 5.75 Å². The molecule has 1 amide bonds. The SMILES string of the molecule is Cc1c(C)c2cc(Cl)c(OC(C)C(=O)N3CCC4(CCCO4)CC3)cc2oc1=O. The van der Waals surface area contributed by atoms with Crippen LogP contribution in [0.5, 0.6) is 5.75 Å². The molecule has 6 nitrogen and oxygen atoms in total. The van der Waals surface area contributed by atoms with E-state index in [2.05, 4.69) is 0 Å². The number of hydrogen-bond donors (Lipinski definition) is 0. The van der Waals surface area contributed by atoms with Gasteiger partial charge in [-0.05, 0) is 58.1 Å². The molecular formula is C22H26ClNO5. The highest BCUT2D eigenvalue weighted by Gasteiger charge is 2.40. The average Bonchev–Trinajstić information content (AvgIpc) is 3.16. The van der Waals surface area contributed by atoms with E-state index >= 15 is 0 Å². The van der Waals surface area contributed by atoms with Gasteiger partial charge in [0.05, 0.1) is 10.6 Å². The third kappa shape index (κ3) is 3.76. The standard InChI is InChI=1S/C22H26ClNO5/c1-13-14(2)21(26)29-18-12-19(17(23)11-16(13)18)28-15(3)20(25)24-8-6-22(7-9-24)5-4-10-27-22/h11-12,15H,4-10H2,1-3H3. The number of halogens is 1. The second kappa shape index (κ2) is 7.65. The number of hydrogen-bond acceptors (Lipinski definition) is 5. The van der Waals surface area contributed by atoms with Gasteiger partial charge in [0.2, 0.25) is 0 Å². The molecule has 2 aliphatic rings. The van der Waals surface area contributed by atoms with E-state index in [-0.39, 0.29) is 17.1 Å². The van der Waals surface area contributed by atoms with Crippen molar-refractivity contribution in [2.45, 2.75) is 58.2 Å². The fraction of sp³-hybridized carbons (Fsp3) is 0.545. The lowest BCUT2D eigenvalue weighted by atomic mass is 9.88. The van der Waals surface area contributed by atoms with Crippen LogP contribution < -0.4 is 10.4 Å². The number of nitrogens with zero attached hydrogens (tertiary/aromatic N) is 1. The highest BCUT2D eigenvalue weighted by atomic mass is 35.5. The molecular weight excluding hydrogens is 394 g/mol. The van der Waals surface area contributed by atoms with Crippen LogP contribution in [0.1, 0.15) is 43.7 Å². The largest absolute Gasteiger partial charge is 0.479 e. The second-order valence-corrected chi connectivity index (χ2v) is 8.55. The van der Waals surface area contributed by atoms with Crippen molar-refractivity contribution in [1.82, 2.24) is 4.90 Å². The van der Waals surface area contributed by atoms with E-state index in [1.54, 1.807) is 26.0 Å². The predicted molar refractivity (Wildman–Crippen MR) is 111 cm³/mol. The molecule has 3 heterocycles. The van der Waals surface area contributed by atoms with Gasteiger partial charge in [0.15, 0.2) is 6.10 Å². The van der Waals surface area contributed by atoms with Gasteiger partial charge in [-0.1, -0.05) is 11.6 Å². The molecule has 1 aromatic carbocycles. The summed E-state index contributed by atoms with van der Waals surface area (Å²) < 4.78 is 17.2. The third-order valence-corrected chi connectivity index (χ3v) is 6.63. The molecule has 0 saturated carbocycles. The van der Waals surface area contributed by atoms with Crippen molar-refractivity contribution < 1.29 is 18.7 Å². The van der Waals surface area contributed by atoms with Gasteiger partial charge in [0.25, 0.3) is 5.91 Å². The summed E-state index contributed by atoms with van der Waals surface area (Å²) in [5, 5.41) is 1.14. The average molecular weight is 420 g/mol. The Labute approximate surface area is 174 Å². The third-order valence-electron chi connectivity index (χ3n) is 6.33. The number of amides is 1. The second-order valence-electron chi connectivity index (χ2n) is 8.14. The van der Waals surface area contributed by atoms with E-state index in [9.17, 15) is 9.59 Å². The van der Waals surface area contributed by atoms with E-state index in [0.717, 1.165) is 43.2 Å². The van der Waals surface area contributed by atoms with Gasteiger partial charge in [-0.2, -0.15) is 0 Å². The van der Waals surface area contributed by atoms with Crippen molar-refractivity contribution in [3.05, 3.63) is 38.7 Å². The number of piperidine rings is 1. The van der Waals surface area contributed by atoms with E-state index in [0.29, 0.717) is 35.0 Å². The minimum atomic E-state index is -0.693. The molecule has 29 heavy (non-hydrogen) atoms. The molecule has 2 fully saturated rings. The van der Waals surface area contributed by atoms with Gasteiger partial charge in [-0.25, -0.2) is 4.79 Å². The highest BCUT2D eigenvalue weighted by Crippen LogP contribution is 2.36. The monoisotopic (exact) mass is 419 g/mol. The van der Waals surface area contributed by atoms with Crippen molar-refractivity contribution in [1.29, 1.82) is 0 Å². The van der Waals surface area contributed by atoms with Crippen LogP contribution in [-0.2, 0) is 9.53 Å². The smallest absolute Gasteiger partial charge is 0.339 e. The number of benzene rings is 1. The lowest BCUT2D eigenvalue weighted by Crippen LogP contribution is -2.49. The van der Waals surface area contributed by atoms with Crippen molar-refractivity contribution >= 4 is 28.5 Å². The molecule has 1 aromatic heterocycles. The quantitative estimate of drug-likeness (QED) is 0.703. The molecule has 1 spiro atoms. The summed E-state index contributed by atoms with van der Waals surface area (Å²) in [5.74, 6) is 0.259. The predicted octanol–water partition coefficient (Wildman–Crippen LogP) is 4.00. The molecule has 1 atom stereocenters. The van der Waals surface area contributed by atoms with Crippen molar-refractivity contribution in [2.75, 3.05) is 19.7 Å². The summed E-state index contributed by atoms with van der Waals surface area (Å²) in [6, 6.07) is 3.31. The Morgan fingerprint density at radius 3 is 2.59 bits per heavy atom. The Morgan fingerprint density at radius 2 is 1.93 bits per heavy atom. The van der Waals surface area contributed by atoms with Gasteiger partial charge in [0.1, 0.15) is 11.3 Å². The van der Waals surface area contributed by atoms with Gasteiger partial charge < -0.3 is 18.8 Å². The van der Waals surface area contributed by atoms with Crippen LogP contribution in [0.2, 0.25) is 5.02 Å². The van der Waals surface area contributed by atoms with Gasteiger partial charge in [-0.15, -0.1) is 0 Å². The summed E-state index contributed by atoms with van der Waals surface area (Å²) in [7, 11) is 0. The van der Waals surface area contributed by atoms with Crippen LogP contribution >= 0.6 is 11.6 Å². The highest BCUT2D eigenvalue weighted by molar-refractivity contribution is 6.32. The maximum absolute atomic E-state index is 12.9. The van der Waals surface area contributed by atoms with Crippen molar-refractivity contribution in [2.24, 2.45) is 0 Å². The Kier molecular flexibility index (Phi) is 5.34. The number of fused-ring (bicyclic) bond motifs is 1. The zero-order valence-electron chi connectivity index (χ0n) is 17.0. The van der Waals surface area contributed by atoms with E-state index in [1.807, 2.05) is 11.8 Å². The number of carbonyl (C=O) groups is 1. The molecule has 7 heteroatoms. The molecule has 2 aromatic rings. The number of carbonyl (C=O) groups excluding carboxylic acids is 1. The molecule has 1 unspecified atom stereocenters. The minimum absolute atomic E-state index is 0.0317. The van der Waals surface area contributed by atoms with Gasteiger partial charge in [-0.3, -0.25) is 4.79 Å². The maximum Gasteiger partial charge on any atom is 0.339 e. The first kappa shape index (κ1) is 20.2. The molecule has 2 saturated heterocycles. The summed E-state index contributed by atoms with van der Waals surface area (Å²) in [6.45, 7) is 7.46. The van der Waals surface area contributed by atoms with Crippen LogP contribution in [0.4, 0.5) is 0 Å². The number of rotatable bonds is 3. The summed E-state index contributed by atoms with van der Waals surface area (Å²) in [5.41, 5.74) is 1.36. The first-order chi connectivity index (χ1) is 13.8. The van der Waals surface area contributed by atoms with Crippen LogP contribution in [0.3, 0.4) is 0 Å². The zero-order chi connectivity index (χ0) is 20.8. The van der Waals surface area contributed by atoms with E-state index < -0.39 is 6.10 Å². The number of ether oxygens (including phenoxy) is 2. The van der Waals surface area contributed by atoms with E-state index in [4.69, 9.17) is 25.5 Å². The normalized spacial score (nSPS) is 19.7. The summed E-state index contributed by atoms with van der Waals surface area (Å²) in [4.78, 5) is 26.7. The van der Waals surface area contributed by atoms with Gasteiger partial charge >= 0.3 is 5.63 Å². The van der Waals surface area contributed by atoms with E-state index in [1.165, 1.54) is 0 Å². The van der Waals surface area contributed by atoms with Crippen molar-refractivity contribution in [3.63, 3.8) is 0 Å². The topological polar surface area (TPSA) is 69.0 Å². The Bertz CT molecular complexity index is 998.